The SMILES string of the molecule is COCC[C@H](CC1(C(=O)NC(CC/C=N/NC(=O)c2ccccc2)C(=O)O)CCCC1)C(=O)O. The van der Waals surface area contributed by atoms with Gasteiger partial charge >= 0.3 is 11.9 Å². The molecule has 1 fully saturated rings. The molecule has 1 unspecified atom stereocenters. The standard InChI is InChI=1S/C24H33N3O7/c1-34-15-11-18(21(29)30)16-24(12-5-6-13-24)23(33)26-19(22(31)32)10-7-14-25-27-20(28)17-8-3-2-4-9-17/h2-4,8-9,14,18-19H,5-7,10-13,15-16H2,1H3,(H,26,33)(H,27,28)(H,29,30)(H,31,32)/b25-14+/t18-,19?/m1/s1. The van der Waals surface area contributed by atoms with Crippen molar-refractivity contribution in [3.63, 3.8) is 0 Å². The molecule has 186 valence electrons. The van der Waals surface area contributed by atoms with Gasteiger partial charge in [0, 0.05) is 25.5 Å². The highest BCUT2D eigenvalue weighted by Crippen LogP contribution is 2.44. The number of carbonyl (C=O) groups is 4. The van der Waals surface area contributed by atoms with E-state index in [0.717, 1.165) is 12.8 Å². The van der Waals surface area contributed by atoms with Gasteiger partial charge in [-0.1, -0.05) is 31.0 Å². The first-order valence-electron chi connectivity index (χ1n) is 11.4. The number of nitrogens with zero attached hydrogens (tertiary/aromatic N) is 1. The monoisotopic (exact) mass is 475 g/mol. The first kappa shape index (κ1) is 27.0. The Labute approximate surface area is 198 Å². The lowest BCUT2D eigenvalue weighted by Crippen LogP contribution is -2.48. The molecule has 1 aliphatic rings. The Morgan fingerprint density at radius 2 is 1.76 bits per heavy atom. The Hall–Kier alpha value is -3.27. The molecule has 34 heavy (non-hydrogen) atoms. The van der Waals surface area contributed by atoms with Crippen molar-refractivity contribution in [2.24, 2.45) is 16.4 Å². The molecule has 4 N–H and O–H groups in total. The van der Waals surface area contributed by atoms with Crippen LogP contribution in [0.4, 0.5) is 0 Å². The summed E-state index contributed by atoms with van der Waals surface area (Å²) in [4.78, 5) is 48.6. The molecule has 0 radical (unpaired) electrons. The number of aliphatic carboxylic acids is 2. The number of carboxylic acid groups (broad SMARTS) is 2. The van der Waals surface area contributed by atoms with E-state index in [1.807, 2.05) is 0 Å². The van der Waals surface area contributed by atoms with E-state index in [0.29, 0.717) is 18.4 Å². The Kier molecular flexibility index (Phi) is 10.7. The number of carboxylic acids is 2. The van der Waals surface area contributed by atoms with Crippen LogP contribution >= 0.6 is 0 Å². The number of hydrazone groups is 1. The molecule has 1 aromatic rings. The average molecular weight is 476 g/mol. The Balaban J connectivity index is 1.94. The largest absolute Gasteiger partial charge is 0.481 e. The third kappa shape index (κ3) is 7.95. The van der Waals surface area contributed by atoms with Gasteiger partial charge in [-0.3, -0.25) is 14.4 Å². The number of benzene rings is 1. The van der Waals surface area contributed by atoms with Gasteiger partial charge in [0.25, 0.3) is 5.91 Å². The summed E-state index contributed by atoms with van der Waals surface area (Å²) < 4.78 is 5.00. The first-order valence-corrected chi connectivity index (χ1v) is 11.4. The van der Waals surface area contributed by atoms with E-state index in [4.69, 9.17) is 4.74 Å². The molecule has 10 nitrogen and oxygen atoms in total. The molecular formula is C24H33N3O7. The zero-order valence-electron chi connectivity index (χ0n) is 19.4. The number of methoxy groups -OCH3 is 1. The number of hydrogen-bond donors (Lipinski definition) is 4. The van der Waals surface area contributed by atoms with Gasteiger partial charge in [0.1, 0.15) is 6.04 Å². The molecule has 0 aromatic heterocycles. The van der Waals surface area contributed by atoms with Crippen LogP contribution in [0, 0.1) is 11.3 Å². The minimum Gasteiger partial charge on any atom is -0.481 e. The van der Waals surface area contributed by atoms with Crippen molar-refractivity contribution in [1.82, 2.24) is 10.7 Å². The zero-order chi connectivity index (χ0) is 25.0. The predicted octanol–water partition coefficient (Wildman–Crippen LogP) is 2.44. The average Bonchev–Trinajstić information content (AvgIpc) is 3.30. The van der Waals surface area contributed by atoms with E-state index in [1.54, 1.807) is 30.3 Å². The lowest BCUT2D eigenvalue weighted by Gasteiger charge is -2.31. The van der Waals surface area contributed by atoms with Gasteiger partial charge in [0.15, 0.2) is 0 Å². The minimum atomic E-state index is -1.18. The van der Waals surface area contributed by atoms with Crippen LogP contribution in [-0.2, 0) is 19.1 Å². The van der Waals surface area contributed by atoms with Crippen molar-refractivity contribution in [3.05, 3.63) is 35.9 Å². The fourth-order valence-electron chi connectivity index (χ4n) is 4.25. The molecule has 1 saturated carbocycles. The molecule has 2 atom stereocenters. The molecule has 1 aliphatic carbocycles. The fraction of sp³-hybridized carbons (Fsp3) is 0.542. The quantitative estimate of drug-likeness (QED) is 0.238. The summed E-state index contributed by atoms with van der Waals surface area (Å²) in [6, 6.07) is 7.38. The van der Waals surface area contributed by atoms with Crippen molar-refractivity contribution >= 4 is 30.0 Å². The number of nitrogens with one attached hydrogen (secondary N) is 2. The van der Waals surface area contributed by atoms with Crippen molar-refractivity contribution < 1.29 is 34.1 Å². The van der Waals surface area contributed by atoms with E-state index in [1.165, 1.54) is 13.3 Å². The summed E-state index contributed by atoms with van der Waals surface area (Å²) in [6.07, 6.45) is 4.73. The second-order valence-corrected chi connectivity index (χ2v) is 8.57. The van der Waals surface area contributed by atoms with Crippen LogP contribution in [0.25, 0.3) is 0 Å². The van der Waals surface area contributed by atoms with Crippen LogP contribution in [0.3, 0.4) is 0 Å². The molecule has 0 aliphatic heterocycles. The normalized spacial score (nSPS) is 16.6. The van der Waals surface area contributed by atoms with Gasteiger partial charge in [-0.05, 0) is 50.7 Å². The van der Waals surface area contributed by atoms with Crippen LogP contribution < -0.4 is 10.7 Å². The topological polar surface area (TPSA) is 154 Å². The lowest BCUT2D eigenvalue weighted by atomic mass is 9.75. The fourth-order valence-corrected chi connectivity index (χ4v) is 4.25. The number of amides is 2. The van der Waals surface area contributed by atoms with Crippen LogP contribution in [0.15, 0.2) is 35.4 Å². The molecule has 0 heterocycles. The van der Waals surface area contributed by atoms with Crippen LogP contribution in [0.5, 0.6) is 0 Å². The van der Waals surface area contributed by atoms with Crippen LogP contribution in [-0.4, -0.2) is 59.9 Å². The summed E-state index contributed by atoms with van der Waals surface area (Å²) in [6.45, 7) is 0.270. The highest BCUT2D eigenvalue weighted by molar-refractivity contribution is 5.94. The van der Waals surface area contributed by atoms with Gasteiger partial charge in [0.05, 0.1) is 11.3 Å². The first-order chi connectivity index (χ1) is 16.3. The smallest absolute Gasteiger partial charge is 0.326 e. The van der Waals surface area contributed by atoms with E-state index in [2.05, 4.69) is 15.8 Å². The molecule has 0 spiro atoms. The Morgan fingerprint density at radius 1 is 1.09 bits per heavy atom. The summed E-state index contributed by atoms with van der Waals surface area (Å²) in [7, 11) is 1.49. The van der Waals surface area contributed by atoms with Crippen molar-refractivity contribution in [1.29, 1.82) is 0 Å². The second kappa shape index (κ2) is 13.4. The maximum atomic E-state index is 13.2. The molecule has 10 heteroatoms. The predicted molar refractivity (Wildman–Crippen MR) is 124 cm³/mol. The summed E-state index contributed by atoms with van der Waals surface area (Å²) >= 11 is 0. The number of rotatable bonds is 14. The van der Waals surface area contributed by atoms with Crippen molar-refractivity contribution in [2.45, 2.75) is 57.4 Å². The highest BCUT2D eigenvalue weighted by atomic mass is 16.5. The number of carbonyl (C=O) groups excluding carboxylic acids is 2. The molecule has 2 rings (SSSR count). The van der Waals surface area contributed by atoms with E-state index in [9.17, 15) is 29.4 Å². The second-order valence-electron chi connectivity index (χ2n) is 8.57. The molecule has 0 bridgehead atoms. The van der Waals surface area contributed by atoms with Crippen LogP contribution in [0.1, 0.15) is 61.7 Å². The summed E-state index contributed by atoms with van der Waals surface area (Å²) in [5.41, 5.74) is 1.92. The maximum absolute atomic E-state index is 13.2. The van der Waals surface area contributed by atoms with Crippen molar-refractivity contribution in [2.75, 3.05) is 13.7 Å². The molecule has 1 aromatic carbocycles. The van der Waals surface area contributed by atoms with Gasteiger partial charge in [0.2, 0.25) is 5.91 Å². The molecular weight excluding hydrogens is 442 g/mol. The minimum absolute atomic E-state index is 0.0773. The number of ether oxygens (including phenoxy) is 1. The van der Waals surface area contributed by atoms with Gasteiger partial charge in [-0.15, -0.1) is 0 Å². The molecule has 0 saturated heterocycles. The molecule has 2 amide bonds. The van der Waals surface area contributed by atoms with Gasteiger partial charge in [-0.25, -0.2) is 10.2 Å². The van der Waals surface area contributed by atoms with E-state index < -0.39 is 35.2 Å². The lowest BCUT2D eigenvalue weighted by molar-refractivity contribution is -0.147. The zero-order valence-corrected chi connectivity index (χ0v) is 19.4. The highest BCUT2D eigenvalue weighted by Gasteiger charge is 2.45. The Morgan fingerprint density at radius 3 is 2.35 bits per heavy atom. The number of hydrogen-bond acceptors (Lipinski definition) is 6. The summed E-state index contributed by atoms with van der Waals surface area (Å²) in [5.74, 6) is -3.72. The summed E-state index contributed by atoms with van der Waals surface area (Å²) in [5, 5.41) is 25.6. The van der Waals surface area contributed by atoms with E-state index in [-0.39, 0.29) is 38.2 Å². The van der Waals surface area contributed by atoms with E-state index >= 15 is 0 Å². The maximum Gasteiger partial charge on any atom is 0.326 e. The van der Waals surface area contributed by atoms with Gasteiger partial charge in [-0.2, -0.15) is 5.10 Å². The van der Waals surface area contributed by atoms with Crippen LogP contribution in [0.2, 0.25) is 0 Å². The Bertz CT molecular complexity index is 867. The third-order valence-electron chi connectivity index (χ3n) is 6.18. The van der Waals surface area contributed by atoms with Crippen molar-refractivity contribution in [3.8, 4) is 0 Å². The third-order valence-corrected chi connectivity index (χ3v) is 6.18. The van der Waals surface area contributed by atoms with Gasteiger partial charge < -0.3 is 20.3 Å².